The number of aliphatic hydroxyl groups is 1. The Hall–Kier alpha value is -3.32. The van der Waals surface area contributed by atoms with Crippen LogP contribution < -0.4 is 15.5 Å². The molecule has 0 saturated carbocycles. The molecule has 1 aromatic heterocycles. The summed E-state index contributed by atoms with van der Waals surface area (Å²) in [6.07, 6.45) is 1.09. The molecule has 204 valence electrons. The molecule has 3 rings (SSSR count). The Morgan fingerprint density at radius 3 is 2.42 bits per heavy atom. The summed E-state index contributed by atoms with van der Waals surface area (Å²) < 4.78 is 25.2. The average molecular weight is 560 g/mol. The summed E-state index contributed by atoms with van der Waals surface area (Å²) in [5.41, 5.74) is 5.34. The number of benzene rings is 2. The third-order valence-corrected chi connectivity index (χ3v) is 7.19. The molecule has 0 radical (unpaired) electrons. The van der Waals surface area contributed by atoms with Gasteiger partial charge in [-0.3, -0.25) is 19.7 Å². The van der Waals surface area contributed by atoms with Crippen molar-refractivity contribution in [3.63, 3.8) is 0 Å². The molecule has 3 aromatic rings. The zero-order chi connectivity index (χ0) is 27.7. The lowest BCUT2D eigenvalue weighted by molar-refractivity contribution is 0.0470. The first kappa shape index (κ1) is 29.2. The number of hydrazine groups is 1. The van der Waals surface area contributed by atoms with E-state index in [2.05, 4.69) is 20.4 Å². The summed E-state index contributed by atoms with van der Waals surface area (Å²) in [5.74, 6) is -0.836. The van der Waals surface area contributed by atoms with Crippen molar-refractivity contribution in [2.45, 2.75) is 38.8 Å². The summed E-state index contributed by atoms with van der Waals surface area (Å²) in [5, 5.41) is 17.1. The van der Waals surface area contributed by atoms with E-state index in [0.717, 1.165) is 35.1 Å². The lowest BCUT2D eigenvalue weighted by atomic mass is 10.0. The van der Waals surface area contributed by atoms with Gasteiger partial charge in [0.25, 0.3) is 11.8 Å². The van der Waals surface area contributed by atoms with Crippen LogP contribution in [-0.2, 0) is 22.9 Å². The molecule has 12 heteroatoms. The molecule has 1 heterocycles. The van der Waals surface area contributed by atoms with Crippen LogP contribution in [0.5, 0.6) is 0 Å². The van der Waals surface area contributed by atoms with Crippen molar-refractivity contribution in [3.05, 3.63) is 82.4 Å². The molecular formula is C26H33N5O5S2. The second-order valence-corrected chi connectivity index (χ2v) is 11.4. The number of hydrogen-bond acceptors (Lipinski definition) is 8. The van der Waals surface area contributed by atoms with Crippen molar-refractivity contribution in [3.8, 4) is 0 Å². The van der Waals surface area contributed by atoms with Crippen molar-refractivity contribution >= 4 is 38.3 Å². The zero-order valence-electron chi connectivity index (χ0n) is 21.5. The monoisotopic (exact) mass is 559 g/mol. The first-order chi connectivity index (χ1) is 18.1. The van der Waals surface area contributed by atoms with Gasteiger partial charge in [0.05, 0.1) is 18.4 Å². The van der Waals surface area contributed by atoms with E-state index in [4.69, 9.17) is 0 Å². The summed E-state index contributed by atoms with van der Waals surface area (Å²) in [7, 11) is -3.53. The summed E-state index contributed by atoms with van der Waals surface area (Å²) in [6.45, 7) is 4.35. The van der Waals surface area contributed by atoms with Crippen LogP contribution >= 0.6 is 11.3 Å². The molecule has 2 atom stereocenters. The second-order valence-electron chi connectivity index (χ2n) is 8.78. The molecular weight excluding hydrogens is 526 g/mol. The van der Waals surface area contributed by atoms with Crippen LogP contribution in [0.2, 0.25) is 0 Å². The van der Waals surface area contributed by atoms with E-state index in [9.17, 15) is 23.1 Å². The number of carbonyl (C=O) groups excluding carboxylic acids is 2. The number of hydrogen-bond donors (Lipinski definition) is 4. The van der Waals surface area contributed by atoms with E-state index in [1.165, 1.54) is 5.38 Å². The molecule has 0 aliphatic rings. The number of nitrogens with zero attached hydrogens (tertiary/aromatic N) is 2. The Bertz CT molecular complexity index is 1330. The van der Waals surface area contributed by atoms with Gasteiger partial charge >= 0.3 is 0 Å². The number of aromatic nitrogens is 1. The van der Waals surface area contributed by atoms with Crippen LogP contribution in [0.4, 0.5) is 5.13 Å². The third kappa shape index (κ3) is 8.91. The SMILES string of the molecule is CCc1cccc(C(=O)NN(CC)CC(O)C(Cc2ccccc2)NC(=O)c2csc(NS(C)(=O)=O)n2)c1. The minimum Gasteiger partial charge on any atom is -0.390 e. The van der Waals surface area contributed by atoms with Gasteiger partial charge in [0, 0.05) is 24.0 Å². The fraction of sp³-hybridized carbons (Fsp3) is 0.346. The quantitative estimate of drug-likeness (QED) is 0.236. The van der Waals surface area contributed by atoms with E-state index < -0.39 is 28.1 Å². The fourth-order valence-corrected chi connectivity index (χ4v) is 5.27. The molecule has 38 heavy (non-hydrogen) atoms. The summed E-state index contributed by atoms with van der Waals surface area (Å²) in [4.78, 5) is 29.8. The normalized spacial score (nSPS) is 13.1. The van der Waals surface area contributed by atoms with E-state index in [0.29, 0.717) is 18.5 Å². The predicted octanol–water partition coefficient (Wildman–Crippen LogP) is 2.45. The number of sulfonamides is 1. The van der Waals surface area contributed by atoms with E-state index in [1.54, 1.807) is 11.1 Å². The number of likely N-dealkylation sites (N-methyl/N-ethyl adjacent to an activating group) is 1. The van der Waals surface area contributed by atoms with Crippen LogP contribution in [0.1, 0.15) is 45.8 Å². The number of carbonyl (C=O) groups is 2. The maximum Gasteiger partial charge on any atom is 0.271 e. The molecule has 0 spiro atoms. The number of rotatable bonds is 13. The van der Waals surface area contributed by atoms with Crippen LogP contribution in [-0.4, -0.2) is 66.8 Å². The molecule has 0 aliphatic heterocycles. The van der Waals surface area contributed by atoms with Crippen LogP contribution in [0.3, 0.4) is 0 Å². The number of nitrogens with one attached hydrogen (secondary N) is 3. The molecule has 0 bridgehead atoms. The van der Waals surface area contributed by atoms with Gasteiger partial charge in [0.1, 0.15) is 5.69 Å². The third-order valence-electron chi connectivity index (χ3n) is 5.74. The van der Waals surface area contributed by atoms with Gasteiger partial charge in [-0.05, 0) is 36.1 Å². The molecule has 2 unspecified atom stereocenters. The van der Waals surface area contributed by atoms with Crippen LogP contribution in [0.15, 0.2) is 60.0 Å². The first-order valence-corrected chi connectivity index (χ1v) is 15.0. The summed E-state index contributed by atoms with van der Waals surface area (Å²) in [6, 6.07) is 16.0. The van der Waals surface area contributed by atoms with E-state index in [1.807, 2.05) is 62.4 Å². The van der Waals surface area contributed by atoms with Crippen molar-refractivity contribution in [2.75, 3.05) is 24.1 Å². The highest BCUT2D eigenvalue weighted by Crippen LogP contribution is 2.17. The lowest BCUT2D eigenvalue weighted by Crippen LogP contribution is -2.53. The number of thiazole rings is 1. The highest BCUT2D eigenvalue weighted by atomic mass is 32.2. The molecule has 0 fully saturated rings. The topological polar surface area (TPSA) is 141 Å². The van der Waals surface area contributed by atoms with Gasteiger partial charge in [-0.2, -0.15) is 0 Å². The number of amides is 2. The van der Waals surface area contributed by atoms with Gasteiger partial charge in [0.2, 0.25) is 10.0 Å². The number of aryl methyl sites for hydroxylation is 1. The largest absolute Gasteiger partial charge is 0.390 e. The fourth-order valence-electron chi connectivity index (χ4n) is 3.72. The van der Waals surface area contributed by atoms with Gasteiger partial charge < -0.3 is 10.4 Å². The number of aliphatic hydroxyl groups excluding tert-OH is 1. The lowest BCUT2D eigenvalue weighted by Gasteiger charge is -2.29. The smallest absolute Gasteiger partial charge is 0.271 e. The van der Waals surface area contributed by atoms with E-state index in [-0.39, 0.29) is 23.3 Å². The number of anilines is 1. The highest BCUT2D eigenvalue weighted by Gasteiger charge is 2.26. The standard InChI is InChI=1S/C26H33N5O5S2/c1-4-18-12-9-13-20(14-18)24(33)29-31(5-2)16-23(32)21(15-19-10-7-6-8-11-19)27-25(34)22-17-37-26(28-22)30-38(3,35)36/h6-14,17,21,23,32H,4-5,15-16H2,1-3H3,(H,27,34)(H,28,30)(H,29,33). The van der Waals surface area contributed by atoms with Crippen LogP contribution in [0.25, 0.3) is 0 Å². The van der Waals surface area contributed by atoms with E-state index >= 15 is 0 Å². The Kier molecular flexibility index (Phi) is 10.4. The second kappa shape index (κ2) is 13.5. The maximum absolute atomic E-state index is 13.0. The molecule has 10 nitrogen and oxygen atoms in total. The summed E-state index contributed by atoms with van der Waals surface area (Å²) >= 11 is 0.985. The average Bonchev–Trinajstić information content (AvgIpc) is 3.35. The van der Waals surface area contributed by atoms with Gasteiger partial charge in [-0.25, -0.2) is 18.4 Å². The van der Waals surface area contributed by atoms with Crippen molar-refractivity contribution in [1.82, 2.24) is 20.7 Å². The Balaban J connectivity index is 1.72. The minimum atomic E-state index is -3.53. The maximum atomic E-state index is 13.0. The van der Waals surface area contributed by atoms with Crippen molar-refractivity contribution in [2.24, 2.45) is 0 Å². The predicted molar refractivity (Wildman–Crippen MR) is 149 cm³/mol. The first-order valence-electron chi connectivity index (χ1n) is 12.2. The van der Waals surface area contributed by atoms with Gasteiger partial charge in [0.15, 0.2) is 5.13 Å². The minimum absolute atomic E-state index is 0.0304. The molecule has 4 N–H and O–H groups in total. The Morgan fingerprint density at radius 2 is 1.76 bits per heavy atom. The molecule has 2 aromatic carbocycles. The van der Waals surface area contributed by atoms with Crippen molar-refractivity contribution in [1.29, 1.82) is 0 Å². The zero-order valence-corrected chi connectivity index (χ0v) is 23.2. The van der Waals surface area contributed by atoms with Gasteiger partial charge in [-0.15, -0.1) is 11.3 Å². The molecule has 2 amide bonds. The van der Waals surface area contributed by atoms with Crippen molar-refractivity contribution < 1.29 is 23.1 Å². The highest BCUT2D eigenvalue weighted by molar-refractivity contribution is 7.92. The Labute approximate surface area is 227 Å². The van der Waals surface area contributed by atoms with Gasteiger partial charge in [-0.1, -0.05) is 56.3 Å². The molecule has 0 saturated heterocycles. The van der Waals surface area contributed by atoms with Crippen LogP contribution in [0, 0.1) is 0 Å². The Morgan fingerprint density at radius 1 is 1.05 bits per heavy atom. The molecule has 0 aliphatic carbocycles.